The van der Waals surface area contributed by atoms with Crippen LogP contribution in [0.3, 0.4) is 0 Å². The van der Waals surface area contributed by atoms with E-state index in [0.29, 0.717) is 11.3 Å². The first-order valence-electron chi connectivity index (χ1n) is 4.56. The summed E-state index contributed by atoms with van der Waals surface area (Å²) in [5.74, 6) is 0.450. The van der Waals surface area contributed by atoms with Gasteiger partial charge in [0.15, 0.2) is 0 Å². The first-order chi connectivity index (χ1) is 4.83. The largest absolute Gasteiger partial charge is 0.390 e. The van der Waals surface area contributed by atoms with Crippen molar-refractivity contribution >= 4 is 0 Å². The van der Waals surface area contributed by atoms with Crippen LogP contribution in [0.1, 0.15) is 47.0 Å². The van der Waals surface area contributed by atoms with E-state index in [0.717, 1.165) is 19.3 Å². The van der Waals surface area contributed by atoms with Gasteiger partial charge in [-0.1, -0.05) is 20.8 Å². The van der Waals surface area contributed by atoms with E-state index in [1.54, 1.807) is 0 Å². The first kappa shape index (κ1) is 9.05. The molecule has 2 atom stereocenters. The second-order valence-corrected chi connectivity index (χ2v) is 5.13. The van der Waals surface area contributed by atoms with E-state index in [1.165, 1.54) is 0 Å². The summed E-state index contributed by atoms with van der Waals surface area (Å²) in [4.78, 5) is 0. The van der Waals surface area contributed by atoms with Gasteiger partial charge in [0.05, 0.1) is 5.60 Å². The summed E-state index contributed by atoms with van der Waals surface area (Å²) in [6.07, 6.45) is 3.27. The van der Waals surface area contributed by atoms with Crippen LogP contribution in [0.2, 0.25) is 0 Å². The van der Waals surface area contributed by atoms with Crippen LogP contribution in [0.25, 0.3) is 0 Å². The van der Waals surface area contributed by atoms with Crippen LogP contribution in [-0.4, -0.2) is 10.7 Å². The average molecular weight is 156 g/mol. The fourth-order valence-electron chi connectivity index (χ4n) is 1.99. The predicted molar refractivity (Wildman–Crippen MR) is 47.4 cm³/mol. The van der Waals surface area contributed by atoms with Gasteiger partial charge in [-0.25, -0.2) is 0 Å². The Hall–Kier alpha value is -0.0400. The summed E-state index contributed by atoms with van der Waals surface area (Å²) >= 11 is 0. The third-order valence-corrected chi connectivity index (χ3v) is 3.23. The van der Waals surface area contributed by atoms with Crippen molar-refractivity contribution in [2.45, 2.75) is 52.6 Å². The molecule has 1 aliphatic rings. The topological polar surface area (TPSA) is 20.2 Å². The Morgan fingerprint density at radius 2 is 1.73 bits per heavy atom. The zero-order chi connectivity index (χ0) is 8.70. The molecular formula is C10H20O. The molecule has 0 amide bonds. The van der Waals surface area contributed by atoms with Gasteiger partial charge in [-0.15, -0.1) is 0 Å². The summed E-state index contributed by atoms with van der Waals surface area (Å²) in [5.41, 5.74) is 0.0389. The van der Waals surface area contributed by atoms with E-state index < -0.39 is 5.60 Å². The first-order valence-corrected chi connectivity index (χ1v) is 4.56. The lowest BCUT2D eigenvalue weighted by atomic mass is 9.66. The highest BCUT2D eigenvalue weighted by Crippen LogP contribution is 2.43. The number of hydrogen-bond donors (Lipinski definition) is 1. The van der Waals surface area contributed by atoms with Crippen LogP contribution in [-0.2, 0) is 0 Å². The van der Waals surface area contributed by atoms with Crippen molar-refractivity contribution in [1.29, 1.82) is 0 Å². The molecule has 1 saturated carbocycles. The van der Waals surface area contributed by atoms with E-state index in [9.17, 15) is 5.11 Å². The molecule has 1 nitrogen and oxygen atoms in total. The molecule has 1 aliphatic carbocycles. The maximum absolute atomic E-state index is 9.88. The van der Waals surface area contributed by atoms with Crippen LogP contribution in [0.15, 0.2) is 0 Å². The second kappa shape index (κ2) is 2.48. The fourth-order valence-corrected chi connectivity index (χ4v) is 1.99. The van der Waals surface area contributed by atoms with Crippen molar-refractivity contribution in [2.75, 3.05) is 0 Å². The number of hydrogen-bond acceptors (Lipinski definition) is 1. The Balaban J connectivity index is 2.63. The molecule has 0 aromatic heterocycles. The highest BCUT2D eigenvalue weighted by Gasteiger charge is 2.38. The predicted octanol–water partition coefficient (Wildman–Crippen LogP) is 2.58. The summed E-state index contributed by atoms with van der Waals surface area (Å²) < 4.78 is 0. The Kier molecular flexibility index (Phi) is 2.04. The normalized spacial score (nSPS) is 43.9. The molecule has 0 bridgehead atoms. The Labute approximate surface area is 69.8 Å². The molecule has 0 aliphatic heterocycles. The van der Waals surface area contributed by atoms with Gasteiger partial charge >= 0.3 is 0 Å². The highest BCUT2D eigenvalue weighted by molar-refractivity contribution is 4.90. The van der Waals surface area contributed by atoms with Crippen molar-refractivity contribution in [3.63, 3.8) is 0 Å². The number of aliphatic hydroxyl groups is 1. The summed E-state index contributed by atoms with van der Waals surface area (Å²) in [6.45, 7) is 8.70. The van der Waals surface area contributed by atoms with Crippen molar-refractivity contribution in [3.8, 4) is 0 Å². The van der Waals surface area contributed by atoms with Crippen molar-refractivity contribution in [3.05, 3.63) is 0 Å². The zero-order valence-corrected chi connectivity index (χ0v) is 8.15. The molecule has 0 aromatic rings. The molecule has 1 rings (SSSR count). The van der Waals surface area contributed by atoms with E-state index in [-0.39, 0.29) is 0 Å². The van der Waals surface area contributed by atoms with Gasteiger partial charge in [-0.05, 0) is 37.5 Å². The lowest BCUT2D eigenvalue weighted by Gasteiger charge is -2.43. The van der Waals surface area contributed by atoms with Crippen molar-refractivity contribution < 1.29 is 5.11 Å². The fraction of sp³-hybridized carbons (Fsp3) is 1.00. The van der Waals surface area contributed by atoms with Gasteiger partial charge in [0.2, 0.25) is 0 Å². The standard InChI is InChI=1S/C10H20O/c1-8-7-9(2,3)5-6-10(8,4)11/h8,11H,5-7H2,1-4H3. The molecule has 0 aromatic carbocycles. The summed E-state index contributed by atoms with van der Waals surface area (Å²) in [7, 11) is 0. The lowest BCUT2D eigenvalue weighted by molar-refractivity contribution is -0.0562. The molecule has 11 heavy (non-hydrogen) atoms. The van der Waals surface area contributed by atoms with Crippen molar-refractivity contribution in [1.82, 2.24) is 0 Å². The molecule has 1 N–H and O–H groups in total. The SMILES string of the molecule is CC1CC(C)(C)CCC1(C)O. The average Bonchev–Trinajstić information content (AvgIpc) is 1.81. The Morgan fingerprint density at radius 1 is 1.18 bits per heavy atom. The summed E-state index contributed by atoms with van der Waals surface area (Å²) in [5, 5.41) is 9.88. The van der Waals surface area contributed by atoms with Crippen LogP contribution in [0.4, 0.5) is 0 Å². The maximum Gasteiger partial charge on any atom is 0.0645 e. The third kappa shape index (κ3) is 1.96. The molecule has 1 heteroatoms. The van der Waals surface area contributed by atoms with Gasteiger partial charge in [0.25, 0.3) is 0 Å². The van der Waals surface area contributed by atoms with Crippen LogP contribution in [0, 0.1) is 11.3 Å². The van der Waals surface area contributed by atoms with Crippen molar-refractivity contribution in [2.24, 2.45) is 11.3 Å². The molecule has 0 heterocycles. The minimum absolute atomic E-state index is 0.407. The van der Waals surface area contributed by atoms with Gasteiger partial charge in [-0.3, -0.25) is 0 Å². The minimum atomic E-state index is -0.407. The Morgan fingerprint density at radius 3 is 2.09 bits per heavy atom. The van der Waals surface area contributed by atoms with E-state index >= 15 is 0 Å². The molecule has 1 fully saturated rings. The molecule has 0 saturated heterocycles. The molecule has 0 spiro atoms. The van der Waals surface area contributed by atoms with Crippen LogP contribution < -0.4 is 0 Å². The molecule has 0 radical (unpaired) electrons. The Bertz CT molecular complexity index is 147. The lowest BCUT2D eigenvalue weighted by Crippen LogP contribution is -2.41. The van der Waals surface area contributed by atoms with E-state index in [2.05, 4.69) is 20.8 Å². The number of rotatable bonds is 0. The smallest absolute Gasteiger partial charge is 0.0645 e. The zero-order valence-electron chi connectivity index (χ0n) is 8.15. The monoisotopic (exact) mass is 156 g/mol. The third-order valence-electron chi connectivity index (χ3n) is 3.23. The molecular weight excluding hydrogens is 136 g/mol. The van der Waals surface area contributed by atoms with Crippen LogP contribution in [0.5, 0.6) is 0 Å². The maximum atomic E-state index is 9.88. The van der Waals surface area contributed by atoms with Gasteiger partial charge in [0.1, 0.15) is 0 Å². The summed E-state index contributed by atoms with van der Waals surface area (Å²) in [6, 6.07) is 0. The van der Waals surface area contributed by atoms with E-state index in [1.807, 2.05) is 6.92 Å². The van der Waals surface area contributed by atoms with Gasteiger partial charge in [-0.2, -0.15) is 0 Å². The van der Waals surface area contributed by atoms with Gasteiger partial charge in [0, 0.05) is 0 Å². The van der Waals surface area contributed by atoms with Gasteiger partial charge < -0.3 is 5.11 Å². The van der Waals surface area contributed by atoms with E-state index in [4.69, 9.17) is 0 Å². The quantitative estimate of drug-likeness (QED) is 0.571. The highest BCUT2D eigenvalue weighted by atomic mass is 16.3. The minimum Gasteiger partial charge on any atom is -0.390 e. The molecule has 66 valence electrons. The second-order valence-electron chi connectivity index (χ2n) is 5.13. The molecule has 2 unspecified atom stereocenters. The van der Waals surface area contributed by atoms with Crippen LogP contribution >= 0.6 is 0 Å².